The van der Waals surface area contributed by atoms with E-state index in [0.29, 0.717) is 0 Å². The second kappa shape index (κ2) is 30.4. The largest absolute Gasteiger partial charge is 1.00 e. The van der Waals surface area contributed by atoms with Crippen molar-refractivity contribution in [1.82, 2.24) is 0 Å². The minimum absolute atomic E-state index is 0. The van der Waals surface area contributed by atoms with Crippen LogP contribution in [-0.2, 0) is 14.6 Å². The van der Waals surface area contributed by atoms with Gasteiger partial charge in [0.2, 0.25) is 10.4 Å². The van der Waals surface area contributed by atoms with Crippen molar-refractivity contribution in [2.75, 3.05) is 6.61 Å². The van der Waals surface area contributed by atoms with E-state index in [4.69, 9.17) is 0 Å². The maximum atomic E-state index is 10.9. The Morgan fingerprint density at radius 2 is 0.750 bits per heavy atom. The molecule has 0 aliphatic heterocycles. The minimum atomic E-state index is -4.58. The monoisotopic (exact) mass is 540 g/mol. The summed E-state index contributed by atoms with van der Waals surface area (Å²) >= 11 is 0. The van der Waals surface area contributed by atoms with Crippen LogP contribution in [0, 0.1) is 5.92 Å². The van der Waals surface area contributed by atoms with Crippen LogP contribution in [0.3, 0.4) is 0 Å². The van der Waals surface area contributed by atoms with Gasteiger partial charge in [0.25, 0.3) is 0 Å². The molecule has 0 aromatic heterocycles. The SMILES string of the molecule is CCCCCCCCCCCCCCCCCC(CCCCCCCCCCC)COS(=O)(=O)[O-].[Na+]. The van der Waals surface area contributed by atoms with E-state index in [1.807, 2.05) is 0 Å². The van der Waals surface area contributed by atoms with Crippen LogP contribution in [0.5, 0.6) is 0 Å². The van der Waals surface area contributed by atoms with Crippen LogP contribution in [0.1, 0.15) is 181 Å². The molecule has 0 aliphatic carbocycles. The van der Waals surface area contributed by atoms with Gasteiger partial charge in [-0.15, -0.1) is 0 Å². The average Bonchev–Trinajstić information content (AvgIpc) is 2.82. The summed E-state index contributed by atoms with van der Waals surface area (Å²) in [5.41, 5.74) is 0. The molecule has 212 valence electrons. The molecule has 1 atom stereocenters. The summed E-state index contributed by atoms with van der Waals surface area (Å²) in [7, 11) is -4.58. The van der Waals surface area contributed by atoms with Gasteiger partial charge in [0.1, 0.15) is 0 Å². The maximum absolute atomic E-state index is 10.9. The van der Waals surface area contributed by atoms with Crippen LogP contribution in [0.4, 0.5) is 0 Å². The summed E-state index contributed by atoms with van der Waals surface area (Å²) in [6.45, 7) is 4.59. The standard InChI is InChI=1S/C30H62O4S.Na/c1-3-5-7-9-11-13-14-15-16-17-18-20-22-24-26-28-30(29-34-35(31,32)33)27-25-23-21-19-12-10-8-6-4-2;/h30H,3-29H2,1-2H3,(H,31,32,33);/q;+1/p-1. The summed E-state index contributed by atoms with van der Waals surface area (Å²) in [6, 6.07) is 0. The molecule has 0 radical (unpaired) electrons. The van der Waals surface area contributed by atoms with Crippen LogP contribution in [0.15, 0.2) is 0 Å². The average molecular weight is 541 g/mol. The molecule has 6 heteroatoms. The Balaban J connectivity index is 0. The Bertz CT molecular complexity index is 513. The number of rotatable bonds is 29. The summed E-state index contributed by atoms with van der Waals surface area (Å²) in [4.78, 5) is 0. The molecule has 0 aliphatic rings. The van der Waals surface area contributed by atoms with Crippen LogP contribution >= 0.6 is 0 Å². The Hall–Kier alpha value is 0.870. The molecule has 0 saturated heterocycles. The third kappa shape index (κ3) is 32.9. The Morgan fingerprint density at radius 3 is 1.00 bits per heavy atom. The molecule has 0 heterocycles. The number of hydrogen-bond donors (Lipinski definition) is 0. The fourth-order valence-corrected chi connectivity index (χ4v) is 5.40. The molecule has 0 saturated carbocycles. The fraction of sp³-hybridized carbons (Fsp3) is 1.00. The molecular formula is C30H61NaO4S. The van der Waals surface area contributed by atoms with Crippen LogP contribution in [-0.4, -0.2) is 19.6 Å². The summed E-state index contributed by atoms with van der Waals surface area (Å²) < 4.78 is 37.3. The molecule has 0 rings (SSSR count). The van der Waals surface area contributed by atoms with Crippen molar-refractivity contribution in [1.29, 1.82) is 0 Å². The zero-order chi connectivity index (χ0) is 25.9. The minimum Gasteiger partial charge on any atom is -0.726 e. The fourth-order valence-electron chi connectivity index (χ4n) is 5.04. The van der Waals surface area contributed by atoms with Crippen molar-refractivity contribution >= 4 is 10.4 Å². The molecule has 1 unspecified atom stereocenters. The molecule has 0 aromatic carbocycles. The van der Waals surface area contributed by atoms with Gasteiger partial charge < -0.3 is 4.55 Å². The molecule has 0 spiro atoms. The van der Waals surface area contributed by atoms with E-state index in [9.17, 15) is 13.0 Å². The van der Waals surface area contributed by atoms with E-state index in [0.717, 1.165) is 25.7 Å². The van der Waals surface area contributed by atoms with Gasteiger partial charge in [0.05, 0.1) is 6.61 Å². The van der Waals surface area contributed by atoms with E-state index >= 15 is 0 Å². The summed E-state index contributed by atoms with van der Waals surface area (Å²) in [5.74, 6) is 0.199. The molecule has 36 heavy (non-hydrogen) atoms. The molecule has 0 fully saturated rings. The maximum Gasteiger partial charge on any atom is 1.00 e. The van der Waals surface area contributed by atoms with Crippen molar-refractivity contribution in [3.8, 4) is 0 Å². The van der Waals surface area contributed by atoms with E-state index in [1.165, 1.54) is 141 Å². The van der Waals surface area contributed by atoms with Crippen LogP contribution in [0.25, 0.3) is 0 Å². The molecule has 4 nitrogen and oxygen atoms in total. The van der Waals surface area contributed by atoms with E-state index in [1.54, 1.807) is 0 Å². The predicted octanol–water partition coefficient (Wildman–Crippen LogP) is 7.27. The van der Waals surface area contributed by atoms with Gasteiger partial charge in [-0.25, -0.2) is 8.42 Å². The summed E-state index contributed by atoms with van der Waals surface area (Å²) in [6.07, 6.45) is 33.7. The first-order valence-electron chi connectivity index (χ1n) is 15.6. The number of hydrogen-bond acceptors (Lipinski definition) is 4. The Morgan fingerprint density at radius 1 is 0.500 bits per heavy atom. The van der Waals surface area contributed by atoms with Gasteiger partial charge in [-0.2, -0.15) is 0 Å². The first kappa shape index (κ1) is 39.0. The van der Waals surface area contributed by atoms with Crippen molar-refractivity contribution in [3.05, 3.63) is 0 Å². The van der Waals surface area contributed by atoms with Gasteiger partial charge in [-0.3, -0.25) is 4.18 Å². The third-order valence-corrected chi connectivity index (χ3v) is 7.80. The number of unbranched alkanes of at least 4 members (excludes halogenated alkanes) is 22. The van der Waals surface area contributed by atoms with Gasteiger partial charge in [-0.05, 0) is 18.8 Å². The topological polar surface area (TPSA) is 66.4 Å². The molecule has 0 bridgehead atoms. The van der Waals surface area contributed by atoms with Crippen molar-refractivity contribution in [3.63, 3.8) is 0 Å². The third-order valence-electron chi connectivity index (χ3n) is 7.38. The first-order chi connectivity index (χ1) is 17.0. The molecule has 0 aromatic rings. The summed E-state index contributed by atoms with van der Waals surface area (Å²) in [5, 5.41) is 0. The van der Waals surface area contributed by atoms with E-state index in [2.05, 4.69) is 18.0 Å². The van der Waals surface area contributed by atoms with Gasteiger partial charge >= 0.3 is 29.6 Å². The molecule has 0 amide bonds. The second-order valence-corrected chi connectivity index (χ2v) is 12.0. The van der Waals surface area contributed by atoms with Crippen molar-refractivity contribution in [2.24, 2.45) is 5.92 Å². The zero-order valence-electron chi connectivity index (χ0n) is 24.7. The van der Waals surface area contributed by atoms with Crippen LogP contribution < -0.4 is 29.6 Å². The Labute approximate surface area is 249 Å². The van der Waals surface area contributed by atoms with E-state index < -0.39 is 10.4 Å². The smallest absolute Gasteiger partial charge is 0.726 e. The van der Waals surface area contributed by atoms with Gasteiger partial charge in [0, 0.05) is 0 Å². The van der Waals surface area contributed by atoms with Crippen LogP contribution in [0.2, 0.25) is 0 Å². The quantitative estimate of drug-likeness (QED) is 0.0433. The first-order valence-corrected chi connectivity index (χ1v) is 16.9. The van der Waals surface area contributed by atoms with Crippen molar-refractivity contribution < 1.29 is 46.7 Å². The van der Waals surface area contributed by atoms with E-state index in [-0.39, 0.29) is 42.1 Å². The van der Waals surface area contributed by atoms with Gasteiger partial charge in [0.15, 0.2) is 0 Å². The Kier molecular flexibility index (Phi) is 33.0. The normalized spacial score (nSPS) is 12.5. The molecular weight excluding hydrogens is 479 g/mol. The molecule has 0 N–H and O–H groups in total. The second-order valence-electron chi connectivity index (χ2n) is 10.9. The van der Waals surface area contributed by atoms with Crippen molar-refractivity contribution in [2.45, 2.75) is 181 Å². The zero-order valence-corrected chi connectivity index (χ0v) is 27.5. The van der Waals surface area contributed by atoms with Gasteiger partial charge in [-0.1, -0.05) is 168 Å². The predicted molar refractivity (Wildman–Crippen MR) is 151 cm³/mol.